The molecule has 0 nitrogen and oxygen atoms in total. The molecule has 14 heavy (non-hydrogen) atoms. The van der Waals surface area contributed by atoms with Gasteiger partial charge in [0, 0.05) is 6.42 Å². The first-order chi connectivity index (χ1) is 6.65. The maximum atomic E-state index is 2.24. The van der Waals surface area contributed by atoms with E-state index in [9.17, 15) is 0 Å². The van der Waals surface area contributed by atoms with Gasteiger partial charge in [-0.2, -0.15) is 0 Å². The third-order valence-corrected chi connectivity index (χ3v) is 2.46. The minimum Gasteiger partial charge on any atom is -0.0686 e. The predicted octanol–water partition coefficient (Wildman–Crippen LogP) is 3.85. The molecule has 0 atom stereocenters. The van der Waals surface area contributed by atoms with E-state index in [1.54, 1.807) is 0 Å². The minimum atomic E-state index is 1.33. The van der Waals surface area contributed by atoms with Crippen LogP contribution in [0.3, 0.4) is 0 Å². The van der Waals surface area contributed by atoms with E-state index in [0.717, 1.165) is 0 Å². The summed E-state index contributed by atoms with van der Waals surface area (Å²) < 4.78 is 0. The summed E-state index contributed by atoms with van der Waals surface area (Å²) in [5.41, 5.74) is 6.65. The molecule has 0 saturated heterocycles. The van der Waals surface area contributed by atoms with Gasteiger partial charge in [0.1, 0.15) is 0 Å². The first-order valence-electron chi connectivity index (χ1n) is 4.97. The van der Waals surface area contributed by atoms with E-state index in [0.29, 0.717) is 0 Å². The van der Waals surface area contributed by atoms with Gasteiger partial charge in [-0.15, -0.1) is 0 Å². The normalized spacial score (nSPS) is 15.4. The van der Waals surface area contributed by atoms with Crippen molar-refractivity contribution in [1.29, 1.82) is 0 Å². The van der Waals surface area contributed by atoms with Crippen molar-refractivity contribution in [2.45, 2.75) is 20.8 Å². The molecule has 2 rings (SSSR count). The summed E-state index contributed by atoms with van der Waals surface area (Å²) >= 11 is 0. The lowest BCUT2D eigenvalue weighted by molar-refractivity contribution is 1.37. The Hall–Kier alpha value is -1.30. The fourth-order valence-corrected chi connectivity index (χ4v) is 1.88. The quantitative estimate of drug-likeness (QED) is 0.620. The summed E-state index contributed by atoms with van der Waals surface area (Å²) in [4.78, 5) is 0. The van der Waals surface area contributed by atoms with Gasteiger partial charge in [-0.25, -0.2) is 0 Å². The van der Waals surface area contributed by atoms with Crippen molar-refractivity contribution in [2.75, 3.05) is 0 Å². The van der Waals surface area contributed by atoms with Gasteiger partial charge in [-0.05, 0) is 31.9 Å². The van der Waals surface area contributed by atoms with Gasteiger partial charge >= 0.3 is 0 Å². The van der Waals surface area contributed by atoms with Crippen molar-refractivity contribution in [1.82, 2.24) is 0 Å². The van der Waals surface area contributed by atoms with Gasteiger partial charge < -0.3 is 0 Å². The molecule has 0 unspecified atom stereocenters. The summed E-state index contributed by atoms with van der Waals surface area (Å²) in [6.07, 6.45) is 6.57. The summed E-state index contributed by atoms with van der Waals surface area (Å²) in [5, 5.41) is 0. The zero-order valence-electron chi connectivity index (χ0n) is 8.96. The van der Waals surface area contributed by atoms with Crippen LogP contribution in [-0.2, 0) is 0 Å². The molecule has 1 radical (unpaired) electrons. The second-order valence-electron chi connectivity index (χ2n) is 4.05. The molecule has 0 aromatic heterocycles. The molecule has 1 aliphatic rings. The van der Waals surface area contributed by atoms with Gasteiger partial charge in [0.15, 0.2) is 0 Å². The topological polar surface area (TPSA) is 0 Å². The van der Waals surface area contributed by atoms with E-state index in [4.69, 9.17) is 0 Å². The molecule has 0 amide bonds. The highest BCUT2D eigenvalue weighted by Gasteiger charge is 2.06. The van der Waals surface area contributed by atoms with Crippen molar-refractivity contribution in [3.05, 3.63) is 59.0 Å². The second-order valence-corrected chi connectivity index (χ2v) is 4.05. The van der Waals surface area contributed by atoms with Gasteiger partial charge in [0.25, 0.3) is 0 Å². The SMILES string of the molecule is CC1=CC(c2cc(C)cc(C)c2)=C[CH]1. The van der Waals surface area contributed by atoms with Gasteiger partial charge in [-0.1, -0.05) is 47.1 Å². The average molecular weight is 183 g/mol. The van der Waals surface area contributed by atoms with E-state index < -0.39 is 0 Å². The van der Waals surface area contributed by atoms with Crippen LogP contribution in [0.15, 0.2) is 35.9 Å². The lowest BCUT2D eigenvalue weighted by Crippen LogP contribution is -1.84. The third kappa shape index (κ3) is 1.79. The monoisotopic (exact) mass is 183 g/mol. The second kappa shape index (κ2) is 3.45. The number of benzene rings is 1. The number of hydrogen-bond donors (Lipinski definition) is 0. The Balaban J connectivity index is 2.42. The Bertz CT molecular complexity index is 399. The Morgan fingerprint density at radius 3 is 2.00 bits per heavy atom. The lowest BCUT2D eigenvalue weighted by Gasteiger charge is -2.04. The largest absolute Gasteiger partial charge is 0.0686 e. The van der Waals surface area contributed by atoms with Crippen LogP contribution in [0.2, 0.25) is 0 Å². The molecule has 1 aromatic rings. The molecule has 0 saturated carbocycles. The molecule has 1 aromatic carbocycles. The molecule has 0 fully saturated rings. The van der Waals surface area contributed by atoms with E-state index in [2.05, 4.69) is 57.5 Å². The fourth-order valence-electron chi connectivity index (χ4n) is 1.88. The van der Waals surface area contributed by atoms with Crippen LogP contribution < -0.4 is 0 Å². The number of aryl methyl sites for hydroxylation is 2. The maximum Gasteiger partial charge on any atom is 0.00871 e. The van der Waals surface area contributed by atoms with E-state index >= 15 is 0 Å². The third-order valence-electron chi connectivity index (χ3n) is 2.46. The summed E-state index contributed by atoms with van der Waals surface area (Å²) in [5.74, 6) is 0. The fraction of sp³-hybridized carbons (Fsp3) is 0.214. The summed E-state index contributed by atoms with van der Waals surface area (Å²) in [7, 11) is 0. The van der Waals surface area contributed by atoms with Crippen molar-refractivity contribution in [2.24, 2.45) is 0 Å². The molecule has 0 spiro atoms. The van der Waals surface area contributed by atoms with Crippen LogP contribution in [0.4, 0.5) is 0 Å². The molecular weight excluding hydrogens is 168 g/mol. The van der Waals surface area contributed by atoms with E-state index in [1.807, 2.05) is 0 Å². The van der Waals surface area contributed by atoms with Crippen LogP contribution in [0, 0.1) is 20.3 Å². The minimum absolute atomic E-state index is 1.33. The van der Waals surface area contributed by atoms with Crippen LogP contribution in [-0.4, -0.2) is 0 Å². The van der Waals surface area contributed by atoms with Gasteiger partial charge in [-0.3, -0.25) is 0 Å². The van der Waals surface area contributed by atoms with Crippen LogP contribution in [0.1, 0.15) is 23.6 Å². The maximum absolute atomic E-state index is 2.24. The molecule has 0 aliphatic heterocycles. The van der Waals surface area contributed by atoms with Crippen molar-refractivity contribution in [3.8, 4) is 0 Å². The van der Waals surface area contributed by atoms with E-state index in [1.165, 1.54) is 27.8 Å². The number of rotatable bonds is 1. The summed E-state index contributed by atoms with van der Waals surface area (Å²) in [6.45, 7) is 6.42. The Morgan fingerprint density at radius 2 is 1.50 bits per heavy atom. The number of hydrogen-bond acceptors (Lipinski definition) is 0. The zero-order chi connectivity index (χ0) is 10.1. The zero-order valence-corrected chi connectivity index (χ0v) is 8.96. The Kier molecular flexibility index (Phi) is 2.28. The van der Waals surface area contributed by atoms with E-state index in [-0.39, 0.29) is 0 Å². The smallest absolute Gasteiger partial charge is 0.00871 e. The van der Waals surface area contributed by atoms with Crippen molar-refractivity contribution in [3.63, 3.8) is 0 Å². The lowest BCUT2D eigenvalue weighted by atomic mass is 10.0. The highest BCUT2D eigenvalue weighted by Crippen LogP contribution is 2.26. The Morgan fingerprint density at radius 1 is 0.857 bits per heavy atom. The van der Waals surface area contributed by atoms with Gasteiger partial charge in [0.05, 0.1) is 0 Å². The van der Waals surface area contributed by atoms with Crippen LogP contribution >= 0.6 is 0 Å². The van der Waals surface area contributed by atoms with Crippen molar-refractivity contribution >= 4 is 5.57 Å². The highest BCUT2D eigenvalue weighted by molar-refractivity contribution is 5.80. The van der Waals surface area contributed by atoms with Crippen molar-refractivity contribution < 1.29 is 0 Å². The predicted molar refractivity (Wildman–Crippen MR) is 62.0 cm³/mol. The highest BCUT2D eigenvalue weighted by atomic mass is 14.1. The molecule has 71 valence electrons. The number of allylic oxidation sites excluding steroid dienone is 4. The first kappa shape index (κ1) is 9.26. The Labute approximate surface area is 86.0 Å². The molecule has 0 heterocycles. The van der Waals surface area contributed by atoms with Crippen LogP contribution in [0.5, 0.6) is 0 Å². The standard InChI is InChI=1S/C14H15/c1-10-4-5-13(7-10)14-8-11(2)6-12(3)9-14/h4-9H,1-3H3. The molecule has 1 aliphatic carbocycles. The molecule has 0 heteroatoms. The first-order valence-corrected chi connectivity index (χ1v) is 4.97. The molecule has 0 bridgehead atoms. The van der Waals surface area contributed by atoms with Gasteiger partial charge in [0.2, 0.25) is 0 Å². The summed E-state index contributed by atoms with van der Waals surface area (Å²) in [6, 6.07) is 6.68. The average Bonchev–Trinajstić information content (AvgIpc) is 2.50. The molecule has 0 N–H and O–H groups in total. The molecular formula is C14H15. The van der Waals surface area contributed by atoms with Crippen LogP contribution in [0.25, 0.3) is 5.57 Å².